The zero-order chi connectivity index (χ0) is 20.0. The van der Waals surface area contributed by atoms with Crippen LogP contribution >= 0.6 is 0 Å². The SMILES string of the molecule is CC(C)OCc1ccccc1CNC(=O)/C=C/c1cn(C)c(=O)n(C)c1=O. The zero-order valence-electron chi connectivity index (χ0n) is 16.1. The lowest BCUT2D eigenvalue weighted by molar-refractivity contribution is -0.116. The van der Waals surface area contributed by atoms with Crippen LogP contribution in [0.2, 0.25) is 0 Å². The number of benzene rings is 1. The van der Waals surface area contributed by atoms with E-state index in [-0.39, 0.29) is 17.6 Å². The Morgan fingerprint density at radius 3 is 2.52 bits per heavy atom. The molecule has 0 saturated carbocycles. The molecule has 0 aliphatic rings. The molecule has 1 amide bonds. The Morgan fingerprint density at radius 2 is 1.85 bits per heavy atom. The maximum atomic E-state index is 12.1. The summed E-state index contributed by atoms with van der Waals surface area (Å²) in [4.78, 5) is 35.8. The number of ether oxygens (including phenoxy) is 1. The average Bonchev–Trinajstić information content (AvgIpc) is 2.65. The van der Waals surface area contributed by atoms with E-state index in [2.05, 4.69) is 5.32 Å². The van der Waals surface area contributed by atoms with Crippen LogP contribution in [0.15, 0.2) is 46.1 Å². The van der Waals surface area contributed by atoms with Gasteiger partial charge >= 0.3 is 5.69 Å². The van der Waals surface area contributed by atoms with Crippen LogP contribution in [0.25, 0.3) is 6.08 Å². The molecule has 7 nitrogen and oxygen atoms in total. The summed E-state index contributed by atoms with van der Waals surface area (Å²) in [6, 6.07) is 7.74. The highest BCUT2D eigenvalue weighted by molar-refractivity contribution is 5.91. The number of nitrogens with one attached hydrogen (secondary N) is 1. The third-order valence-corrected chi connectivity index (χ3v) is 4.03. The van der Waals surface area contributed by atoms with Crippen LogP contribution in [0.5, 0.6) is 0 Å². The number of nitrogens with zero attached hydrogens (tertiary/aromatic N) is 2. The summed E-state index contributed by atoms with van der Waals surface area (Å²) < 4.78 is 7.93. The van der Waals surface area contributed by atoms with E-state index in [1.54, 1.807) is 7.05 Å². The van der Waals surface area contributed by atoms with Crippen molar-refractivity contribution < 1.29 is 9.53 Å². The second kappa shape index (κ2) is 9.14. The van der Waals surface area contributed by atoms with Gasteiger partial charge in [0.15, 0.2) is 0 Å². The summed E-state index contributed by atoms with van der Waals surface area (Å²) in [5.74, 6) is -0.328. The van der Waals surface area contributed by atoms with Gasteiger partial charge in [0.2, 0.25) is 5.91 Å². The molecule has 1 aromatic carbocycles. The van der Waals surface area contributed by atoms with Gasteiger partial charge < -0.3 is 14.6 Å². The molecule has 7 heteroatoms. The van der Waals surface area contributed by atoms with Gasteiger partial charge in [0.05, 0.1) is 18.3 Å². The van der Waals surface area contributed by atoms with Crippen LogP contribution in [-0.2, 0) is 36.8 Å². The van der Waals surface area contributed by atoms with Crippen molar-refractivity contribution in [2.24, 2.45) is 14.1 Å². The van der Waals surface area contributed by atoms with Gasteiger partial charge in [0.25, 0.3) is 5.56 Å². The molecule has 0 aliphatic carbocycles. The normalized spacial score (nSPS) is 11.3. The third-order valence-electron chi connectivity index (χ3n) is 4.03. The fraction of sp³-hybridized carbons (Fsp3) is 0.350. The summed E-state index contributed by atoms with van der Waals surface area (Å²) >= 11 is 0. The average molecular weight is 371 g/mol. The van der Waals surface area contributed by atoms with Gasteiger partial charge in [-0.15, -0.1) is 0 Å². The largest absolute Gasteiger partial charge is 0.374 e. The van der Waals surface area contributed by atoms with Crippen molar-refractivity contribution in [3.8, 4) is 0 Å². The number of carbonyl (C=O) groups is 1. The monoisotopic (exact) mass is 371 g/mol. The molecule has 0 spiro atoms. The van der Waals surface area contributed by atoms with Crippen LogP contribution in [0, 0.1) is 0 Å². The van der Waals surface area contributed by atoms with E-state index in [0.29, 0.717) is 13.2 Å². The Morgan fingerprint density at radius 1 is 1.19 bits per heavy atom. The maximum Gasteiger partial charge on any atom is 0.330 e. The fourth-order valence-corrected chi connectivity index (χ4v) is 2.48. The Bertz CT molecular complexity index is 954. The van der Waals surface area contributed by atoms with Crippen molar-refractivity contribution in [2.75, 3.05) is 0 Å². The van der Waals surface area contributed by atoms with E-state index >= 15 is 0 Å². The standard InChI is InChI=1S/C20H25N3O4/c1-14(2)27-13-17-8-6-5-7-15(17)11-21-18(24)10-9-16-12-22(3)20(26)23(4)19(16)25/h5-10,12,14H,11,13H2,1-4H3,(H,21,24)/b10-9+. The van der Waals surface area contributed by atoms with Crippen LogP contribution in [-0.4, -0.2) is 21.1 Å². The first-order chi connectivity index (χ1) is 12.8. The quantitative estimate of drug-likeness (QED) is 0.745. The molecule has 2 aromatic rings. The number of aromatic nitrogens is 2. The minimum absolute atomic E-state index is 0.125. The van der Waals surface area contributed by atoms with Crippen molar-refractivity contribution in [1.29, 1.82) is 0 Å². The molecule has 1 N–H and O–H groups in total. The molecule has 2 rings (SSSR count). The van der Waals surface area contributed by atoms with Crippen LogP contribution in [0.4, 0.5) is 0 Å². The van der Waals surface area contributed by atoms with Crippen molar-refractivity contribution >= 4 is 12.0 Å². The summed E-state index contributed by atoms with van der Waals surface area (Å²) in [5, 5.41) is 2.80. The van der Waals surface area contributed by atoms with Gasteiger partial charge in [-0.25, -0.2) is 4.79 Å². The highest BCUT2D eigenvalue weighted by atomic mass is 16.5. The van der Waals surface area contributed by atoms with Gasteiger partial charge in [0.1, 0.15) is 0 Å². The molecule has 1 aromatic heterocycles. The molecule has 0 fully saturated rings. The van der Waals surface area contributed by atoms with E-state index in [0.717, 1.165) is 15.7 Å². The highest BCUT2D eigenvalue weighted by Gasteiger charge is 2.06. The van der Waals surface area contributed by atoms with Gasteiger partial charge in [-0.1, -0.05) is 24.3 Å². The maximum absolute atomic E-state index is 12.1. The van der Waals surface area contributed by atoms with Crippen molar-refractivity contribution in [2.45, 2.75) is 33.1 Å². The van der Waals surface area contributed by atoms with Crippen molar-refractivity contribution in [3.63, 3.8) is 0 Å². The van der Waals surface area contributed by atoms with E-state index in [1.807, 2.05) is 38.1 Å². The van der Waals surface area contributed by atoms with Gasteiger partial charge in [0, 0.05) is 32.9 Å². The molecule has 0 aliphatic heterocycles. The number of rotatable bonds is 7. The molecule has 27 heavy (non-hydrogen) atoms. The summed E-state index contributed by atoms with van der Waals surface area (Å²) in [6.45, 7) is 4.78. The first-order valence-corrected chi connectivity index (χ1v) is 8.70. The minimum atomic E-state index is -0.446. The Labute approximate surface area is 157 Å². The lowest BCUT2D eigenvalue weighted by Gasteiger charge is -2.12. The predicted molar refractivity (Wildman–Crippen MR) is 104 cm³/mol. The van der Waals surface area contributed by atoms with Gasteiger partial charge in [-0.05, 0) is 31.1 Å². The molecule has 0 unspecified atom stereocenters. The number of amides is 1. The van der Waals surface area contributed by atoms with E-state index in [1.165, 1.54) is 30.0 Å². The number of hydrogen-bond donors (Lipinski definition) is 1. The minimum Gasteiger partial charge on any atom is -0.374 e. The molecule has 0 saturated heterocycles. The van der Waals surface area contributed by atoms with Crippen molar-refractivity contribution in [3.05, 3.63) is 74.1 Å². The first-order valence-electron chi connectivity index (χ1n) is 8.70. The molecule has 144 valence electrons. The Kier molecular flexibility index (Phi) is 6.90. The molecule has 0 bridgehead atoms. The number of hydrogen-bond acceptors (Lipinski definition) is 4. The molecule has 0 radical (unpaired) electrons. The number of aryl methyl sites for hydroxylation is 1. The van der Waals surface area contributed by atoms with Crippen LogP contribution in [0.1, 0.15) is 30.5 Å². The smallest absolute Gasteiger partial charge is 0.330 e. The lowest BCUT2D eigenvalue weighted by atomic mass is 10.1. The molecular weight excluding hydrogens is 346 g/mol. The van der Waals surface area contributed by atoms with Crippen LogP contribution in [0.3, 0.4) is 0 Å². The van der Waals surface area contributed by atoms with E-state index in [4.69, 9.17) is 4.74 Å². The summed E-state index contributed by atoms with van der Waals surface area (Å²) in [5.41, 5.74) is 1.39. The Balaban J connectivity index is 2.05. The highest BCUT2D eigenvalue weighted by Crippen LogP contribution is 2.11. The summed E-state index contributed by atoms with van der Waals surface area (Å²) in [6.07, 6.45) is 4.23. The third kappa shape index (κ3) is 5.52. The molecule has 0 atom stereocenters. The second-order valence-corrected chi connectivity index (χ2v) is 6.52. The molecule has 1 heterocycles. The summed E-state index contributed by atoms with van der Waals surface area (Å²) in [7, 11) is 2.95. The van der Waals surface area contributed by atoms with Crippen molar-refractivity contribution in [1.82, 2.24) is 14.5 Å². The Hall–Kier alpha value is -2.93. The number of carbonyl (C=O) groups excluding carboxylic acids is 1. The fourth-order valence-electron chi connectivity index (χ4n) is 2.48. The topological polar surface area (TPSA) is 82.3 Å². The van der Waals surface area contributed by atoms with E-state index in [9.17, 15) is 14.4 Å². The van der Waals surface area contributed by atoms with Gasteiger partial charge in [-0.3, -0.25) is 14.2 Å². The molecular formula is C20H25N3O4. The predicted octanol–water partition coefficient (Wildman–Crippen LogP) is 1.34. The second-order valence-electron chi connectivity index (χ2n) is 6.52. The lowest BCUT2D eigenvalue weighted by Crippen LogP contribution is -2.37. The van der Waals surface area contributed by atoms with E-state index < -0.39 is 11.2 Å². The van der Waals surface area contributed by atoms with Crippen LogP contribution < -0.4 is 16.6 Å². The first kappa shape index (κ1) is 20.4. The van der Waals surface area contributed by atoms with Gasteiger partial charge in [-0.2, -0.15) is 0 Å². The zero-order valence-corrected chi connectivity index (χ0v) is 16.1.